The van der Waals surface area contributed by atoms with Crippen LogP contribution < -0.4 is 5.73 Å². The Hall–Kier alpha value is -0.940. The van der Waals surface area contributed by atoms with Crippen LogP contribution in [0.15, 0.2) is 12.2 Å². The van der Waals surface area contributed by atoms with E-state index in [0.717, 1.165) is 24.3 Å². The number of hydrogen-bond donors (Lipinski definition) is 1. The Morgan fingerprint density at radius 1 is 1.50 bits per heavy atom. The minimum Gasteiger partial charge on any atom is -0.374 e. The first-order valence-corrected chi connectivity index (χ1v) is 5.50. The van der Waals surface area contributed by atoms with Gasteiger partial charge in [0.25, 0.3) is 0 Å². The summed E-state index contributed by atoms with van der Waals surface area (Å²) in [4.78, 5) is 0. The maximum Gasteiger partial charge on any atom is 0.203 e. The van der Waals surface area contributed by atoms with Crippen LogP contribution in [-0.2, 0) is 11.3 Å². The highest BCUT2D eigenvalue weighted by atomic mass is 32.1. The zero-order valence-corrected chi connectivity index (χ0v) is 8.67. The van der Waals surface area contributed by atoms with Gasteiger partial charge in [-0.15, -0.1) is 10.2 Å². The normalized spacial score (nSPS) is 21.3. The highest BCUT2D eigenvalue weighted by molar-refractivity contribution is 7.15. The van der Waals surface area contributed by atoms with Crippen molar-refractivity contribution in [2.24, 2.45) is 0 Å². The van der Waals surface area contributed by atoms with Crippen LogP contribution in [0.2, 0.25) is 0 Å². The SMILES string of the molecule is Nc1nnc(COC2CC=CCC2)s1. The summed E-state index contributed by atoms with van der Waals surface area (Å²) in [5.41, 5.74) is 5.47. The molecule has 0 aliphatic heterocycles. The lowest BCUT2D eigenvalue weighted by atomic mass is 10.1. The van der Waals surface area contributed by atoms with Crippen molar-refractivity contribution < 1.29 is 4.74 Å². The molecule has 0 saturated heterocycles. The molecule has 1 aromatic heterocycles. The molecule has 1 aliphatic carbocycles. The number of hydrogen-bond acceptors (Lipinski definition) is 5. The second kappa shape index (κ2) is 4.52. The minimum absolute atomic E-state index is 0.338. The fourth-order valence-electron chi connectivity index (χ4n) is 1.43. The lowest BCUT2D eigenvalue weighted by Gasteiger charge is -2.17. The number of ether oxygens (including phenoxy) is 1. The third-order valence-corrected chi connectivity index (χ3v) is 2.87. The van der Waals surface area contributed by atoms with E-state index >= 15 is 0 Å². The number of anilines is 1. The summed E-state index contributed by atoms with van der Waals surface area (Å²) in [5, 5.41) is 9.00. The lowest BCUT2D eigenvalue weighted by molar-refractivity contribution is 0.0348. The number of nitrogens with zero attached hydrogens (tertiary/aromatic N) is 2. The molecule has 0 saturated carbocycles. The van der Waals surface area contributed by atoms with Gasteiger partial charge in [-0.1, -0.05) is 23.5 Å². The molecule has 1 aliphatic rings. The fourth-order valence-corrected chi connectivity index (χ4v) is 1.96. The molecule has 1 atom stereocenters. The number of allylic oxidation sites excluding steroid dienone is 1. The van der Waals surface area contributed by atoms with Crippen molar-refractivity contribution in [2.45, 2.75) is 32.0 Å². The maximum atomic E-state index is 5.68. The van der Waals surface area contributed by atoms with Crippen molar-refractivity contribution in [3.63, 3.8) is 0 Å². The molecule has 0 fully saturated rings. The van der Waals surface area contributed by atoms with E-state index in [1.165, 1.54) is 11.3 Å². The van der Waals surface area contributed by atoms with Gasteiger partial charge in [0, 0.05) is 0 Å². The van der Waals surface area contributed by atoms with Crippen molar-refractivity contribution in [3.8, 4) is 0 Å². The summed E-state index contributed by atoms with van der Waals surface area (Å²) in [6, 6.07) is 0. The molecule has 2 N–H and O–H groups in total. The molecular weight excluding hydrogens is 198 g/mol. The molecular formula is C9H13N3OS. The van der Waals surface area contributed by atoms with E-state index in [9.17, 15) is 0 Å². The Morgan fingerprint density at radius 2 is 2.43 bits per heavy atom. The van der Waals surface area contributed by atoms with E-state index in [4.69, 9.17) is 10.5 Å². The van der Waals surface area contributed by atoms with Gasteiger partial charge in [-0.05, 0) is 19.3 Å². The van der Waals surface area contributed by atoms with Gasteiger partial charge in [0.1, 0.15) is 11.6 Å². The third kappa shape index (κ3) is 2.52. The zero-order chi connectivity index (χ0) is 9.80. The number of nitrogens with two attached hydrogens (primary N) is 1. The van der Waals surface area contributed by atoms with E-state index < -0.39 is 0 Å². The number of aromatic nitrogens is 2. The van der Waals surface area contributed by atoms with Crippen molar-refractivity contribution in [3.05, 3.63) is 17.2 Å². The molecule has 76 valence electrons. The molecule has 0 spiro atoms. The zero-order valence-electron chi connectivity index (χ0n) is 7.85. The van der Waals surface area contributed by atoms with Crippen molar-refractivity contribution in [1.29, 1.82) is 0 Å². The van der Waals surface area contributed by atoms with Crippen LogP contribution in [0, 0.1) is 0 Å². The predicted molar refractivity (Wildman–Crippen MR) is 55.9 cm³/mol. The van der Waals surface area contributed by atoms with Crippen LogP contribution in [-0.4, -0.2) is 16.3 Å². The monoisotopic (exact) mass is 211 g/mol. The average molecular weight is 211 g/mol. The van der Waals surface area contributed by atoms with Crippen LogP contribution in [0.5, 0.6) is 0 Å². The van der Waals surface area contributed by atoms with Gasteiger partial charge in [0.05, 0.1) is 6.10 Å². The van der Waals surface area contributed by atoms with Gasteiger partial charge < -0.3 is 10.5 Å². The van der Waals surface area contributed by atoms with Crippen molar-refractivity contribution >= 4 is 16.5 Å². The quantitative estimate of drug-likeness (QED) is 0.774. The molecule has 14 heavy (non-hydrogen) atoms. The first-order valence-electron chi connectivity index (χ1n) is 4.69. The summed E-state index contributed by atoms with van der Waals surface area (Å²) >= 11 is 1.39. The average Bonchev–Trinajstić information content (AvgIpc) is 2.63. The minimum atomic E-state index is 0.338. The van der Waals surface area contributed by atoms with E-state index in [2.05, 4.69) is 22.3 Å². The Morgan fingerprint density at radius 3 is 3.07 bits per heavy atom. The largest absolute Gasteiger partial charge is 0.374 e. The number of nitrogen functional groups attached to an aromatic ring is 1. The van der Waals surface area contributed by atoms with Gasteiger partial charge >= 0.3 is 0 Å². The van der Waals surface area contributed by atoms with Crippen molar-refractivity contribution in [1.82, 2.24) is 10.2 Å². The lowest BCUT2D eigenvalue weighted by Crippen LogP contribution is -2.13. The molecule has 1 aromatic rings. The molecule has 1 unspecified atom stereocenters. The highest BCUT2D eigenvalue weighted by Crippen LogP contribution is 2.18. The van der Waals surface area contributed by atoms with Crippen LogP contribution in [0.3, 0.4) is 0 Å². The predicted octanol–water partition coefficient (Wildman–Crippen LogP) is 1.75. The van der Waals surface area contributed by atoms with Gasteiger partial charge in [0.2, 0.25) is 5.13 Å². The van der Waals surface area contributed by atoms with Crippen LogP contribution in [0.1, 0.15) is 24.3 Å². The summed E-state index contributed by atoms with van der Waals surface area (Å²) in [6.07, 6.45) is 7.93. The smallest absolute Gasteiger partial charge is 0.203 e. The van der Waals surface area contributed by atoms with E-state index in [1.807, 2.05) is 0 Å². The van der Waals surface area contributed by atoms with Crippen molar-refractivity contribution in [2.75, 3.05) is 5.73 Å². The molecule has 0 radical (unpaired) electrons. The van der Waals surface area contributed by atoms with Gasteiger partial charge in [0.15, 0.2) is 0 Å². The molecule has 4 nitrogen and oxygen atoms in total. The van der Waals surface area contributed by atoms with Crippen LogP contribution in [0.4, 0.5) is 5.13 Å². The Balaban J connectivity index is 1.79. The summed E-state index contributed by atoms with van der Waals surface area (Å²) in [7, 11) is 0. The number of rotatable bonds is 3. The van der Waals surface area contributed by atoms with Gasteiger partial charge in [-0.25, -0.2) is 0 Å². The fraction of sp³-hybridized carbons (Fsp3) is 0.556. The van der Waals surface area contributed by atoms with E-state index in [-0.39, 0.29) is 0 Å². The Kier molecular flexibility index (Phi) is 3.10. The molecule has 1 heterocycles. The molecule has 5 heteroatoms. The second-order valence-corrected chi connectivity index (χ2v) is 4.35. The molecule has 2 rings (SSSR count). The van der Waals surface area contributed by atoms with Crippen LogP contribution >= 0.6 is 11.3 Å². The van der Waals surface area contributed by atoms with E-state index in [1.54, 1.807) is 0 Å². The molecule has 0 amide bonds. The first kappa shape index (κ1) is 9.61. The summed E-state index contributed by atoms with van der Waals surface area (Å²) < 4.78 is 5.68. The van der Waals surface area contributed by atoms with Gasteiger partial charge in [-0.2, -0.15) is 0 Å². The molecule has 0 aromatic carbocycles. The Labute approximate surface area is 86.8 Å². The first-order chi connectivity index (χ1) is 6.84. The van der Waals surface area contributed by atoms with Gasteiger partial charge in [-0.3, -0.25) is 0 Å². The van der Waals surface area contributed by atoms with Crippen LogP contribution in [0.25, 0.3) is 0 Å². The van der Waals surface area contributed by atoms with E-state index in [0.29, 0.717) is 17.8 Å². The second-order valence-electron chi connectivity index (χ2n) is 3.25. The topological polar surface area (TPSA) is 61.0 Å². The summed E-state index contributed by atoms with van der Waals surface area (Å²) in [6.45, 7) is 0.535. The standard InChI is InChI=1S/C9H13N3OS/c10-9-12-11-8(14-9)6-13-7-4-2-1-3-5-7/h1-2,7H,3-6H2,(H2,10,12). The maximum absolute atomic E-state index is 5.68. The molecule has 0 bridgehead atoms. The Bertz CT molecular complexity index is 324. The third-order valence-electron chi connectivity index (χ3n) is 2.15. The summed E-state index contributed by atoms with van der Waals surface area (Å²) in [5.74, 6) is 0. The highest BCUT2D eigenvalue weighted by Gasteiger charge is 2.11.